The molecule has 3 radical (unpaired) electrons. The Kier molecular flexibility index (Phi) is 5.73. The summed E-state index contributed by atoms with van der Waals surface area (Å²) in [5.41, 5.74) is 7.86. The lowest BCUT2D eigenvalue weighted by Crippen LogP contribution is -1.82. The van der Waals surface area contributed by atoms with E-state index in [1.165, 1.54) is 0 Å². The maximum absolute atomic E-state index is 5.06. The van der Waals surface area contributed by atoms with E-state index in [2.05, 4.69) is 52.4 Å². The van der Waals surface area contributed by atoms with E-state index in [9.17, 15) is 0 Å². The molecule has 0 fully saturated rings. The maximum Gasteiger partial charge on any atom is 0.164 e. The van der Waals surface area contributed by atoms with E-state index in [-0.39, 0.29) is 17.3 Å². The van der Waals surface area contributed by atoms with Crippen LogP contribution in [0.1, 0.15) is 8.85 Å². The third-order valence-electron chi connectivity index (χ3n) is 7.62. The van der Waals surface area contributed by atoms with Gasteiger partial charge in [-0.05, 0) is 6.07 Å². The highest BCUT2D eigenvalue weighted by Crippen LogP contribution is 2.37. The fourth-order valence-electron chi connectivity index (χ4n) is 5.76. The summed E-state index contributed by atoms with van der Waals surface area (Å²) >= 11 is 0. The SMILES string of the molecule is C.[2HH].[B].c1ccc2c(c1)-c1cc3[nH]c(nc4nc(nc5[nH]c(nc-2n1)c1ccccc51)-c1ccccc1-4)c1ccccc31. The van der Waals surface area contributed by atoms with Crippen LogP contribution in [0.15, 0.2) is 103 Å². The quantitative estimate of drug-likeness (QED) is 0.189. The molecule has 42 heavy (non-hydrogen) atoms. The largest absolute Gasteiger partial charge is 0.339 e. The first-order valence-corrected chi connectivity index (χ1v) is 13.1. The van der Waals surface area contributed by atoms with E-state index in [4.69, 9.17) is 24.9 Å². The van der Waals surface area contributed by atoms with Gasteiger partial charge in [-0.1, -0.05) is 104 Å². The summed E-state index contributed by atoms with van der Waals surface area (Å²) in [7, 11) is 0. The van der Waals surface area contributed by atoms with Crippen molar-refractivity contribution in [3.63, 3.8) is 0 Å². The molecule has 7 nitrogen and oxygen atoms in total. The van der Waals surface area contributed by atoms with Crippen molar-refractivity contribution in [2.45, 2.75) is 7.43 Å². The summed E-state index contributed by atoms with van der Waals surface area (Å²) in [6, 6.07) is 34.8. The van der Waals surface area contributed by atoms with Crippen molar-refractivity contribution in [2.75, 3.05) is 0 Å². The van der Waals surface area contributed by atoms with Crippen molar-refractivity contribution in [1.82, 2.24) is 34.9 Å². The van der Waals surface area contributed by atoms with Gasteiger partial charge in [-0.25, -0.2) is 24.9 Å². The molecule has 8 bridgehead atoms. The van der Waals surface area contributed by atoms with Crippen molar-refractivity contribution in [3.05, 3.63) is 103 Å². The third-order valence-corrected chi connectivity index (χ3v) is 7.62. The van der Waals surface area contributed by atoms with Crippen LogP contribution in [-0.2, 0) is 0 Å². The van der Waals surface area contributed by atoms with Gasteiger partial charge in [0.1, 0.15) is 16.9 Å². The zero-order valence-electron chi connectivity index (χ0n) is 21.6. The summed E-state index contributed by atoms with van der Waals surface area (Å²) in [6.07, 6.45) is 0. The van der Waals surface area contributed by atoms with Crippen LogP contribution in [0.2, 0.25) is 0 Å². The highest BCUT2D eigenvalue weighted by molar-refractivity contribution is 6.07. The minimum Gasteiger partial charge on any atom is -0.339 e. The summed E-state index contributed by atoms with van der Waals surface area (Å²) < 4.78 is 0. The lowest BCUT2D eigenvalue weighted by atomic mass is 10.1. The fourth-order valence-corrected chi connectivity index (χ4v) is 5.76. The molecule has 4 aromatic carbocycles. The van der Waals surface area contributed by atoms with Gasteiger partial charge < -0.3 is 9.97 Å². The number of fused-ring (bicyclic) bond motifs is 20. The Morgan fingerprint density at radius 1 is 0.429 bits per heavy atom. The number of benzene rings is 4. The van der Waals surface area contributed by atoms with Crippen molar-refractivity contribution in [3.8, 4) is 45.4 Å². The second kappa shape index (κ2) is 9.49. The number of aromatic amines is 2. The smallest absolute Gasteiger partial charge is 0.164 e. The van der Waals surface area contributed by atoms with E-state index in [1.807, 2.05) is 60.7 Å². The van der Waals surface area contributed by atoms with Gasteiger partial charge in [0.25, 0.3) is 0 Å². The fraction of sp³-hybridized carbons (Fsp3) is 0.0294. The molecule has 3 aromatic heterocycles. The average molecular weight is 543 g/mol. The number of nitrogens with one attached hydrogen (secondary N) is 2. The van der Waals surface area contributed by atoms with E-state index in [0.29, 0.717) is 28.8 Å². The van der Waals surface area contributed by atoms with Crippen LogP contribution in [0.5, 0.6) is 0 Å². The molecule has 0 saturated carbocycles. The van der Waals surface area contributed by atoms with Gasteiger partial charge in [0.2, 0.25) is 0 Å². The lowest BCUT2D eigenvalue weighted by Gasteiger charge is -1.97. The van der Waals surface area contributed by atoms with Crippen LogP contribution < -0.4 is 0 Å². The van der Waals surface area contributed by atoms with E-state index < -0.39 is 0 Å². The molecule has 0 spiro atoms. The molecule has 2 aliphatic heterocycles. The van der Waals surface area contributed by atoms with Crippen molar-refractivity contribution in [2.24, 2.45) is 0 Å². The molecule has 7 aromatic rings. The van der Waals surface area contributed by atoms with E-state index >= 15 is 0 Å². The molecule has 2 N–H and O–H groups in total. The van der Waals surface area contributed by atoms with Gasteiger partial charge >= 0.3 is 0 Å². The third kappa shape index (κ3) is 3.65. The van der Waals surface area contributed by atoms with Gasteiger partial charge in [-0.2, -0.15) is 0 Å². The van der Waals surface area contributed by atoms with Crippen LogP contribution in [0.25, 0.3) is 89.4 Å². The molecule has 0 atom stereocenters. The van der Waals surface area contributed by atoms with Crippen LogP contribution in [0.4, 0.5) is 0 Å². The van der Waals surface area contributed by atoms with Crippen molar-refractivity contribution < 1.29 is 1.43 Å². The summed E-state index contributed by atoms with van der Waals surface area (Å²) in [5.74, 6) is 1.90. The van der Waals surface area contributed by atoms with Gasteiger partial charge in [0.15, 0.2) is 17.5 Å². The summed E-state index contributed by atoms with van der Waals surface area (Å²) in [6.45, 7) is 0. The standard InChI is InChI=1S/C33H19N7.CH4.B.H2/c1-3-11-20-18(9-1)26-17-27-19-10-2-4-12-21(19)29(35-27)37-31-23-14-6-8-16-25(23)33(39-31)40-32-24-15-7-5-13-22(24)30(38-32)36-28(20)34-26;;;/h1-17H,(H2,34,35,36,37,38,39,40);1H4;;1H/i;;;1+1. The highest BCUT2D eigenvalue weighted by Gasteiger charge is 2.21. The minimum atomic E-state index is 0. The zero-order valence-corrected chi connectivity index (χ0v) is 21.6. The van der Waals surface area contributed by atoms with E-state index in [1.54, 1.807) is 0 Å². The number of nitrogens with zero attached hydrogens (tertiary/aromatic N) is 5. The van der Waals surface area contributed by atoms with Gasteiger partial charge in [-0.15, -0.1) is 0 Å². The molecular weight excluding hydrogens is 517 g/mol. The lowest BCUT2D eigenvalue weighted by molar-refractivity contribution is 1.21. The van der Waals surface area contributed by atoms with E-state index in [0.717, 1.165) is 60.7 Å². The Bertz CT molecular complexity index is 2040. The molecule has 0 saturated heterocycles. The Balaban J connectivity index is 0.00000110. The molecule has 0 unspecified atom stereocenters. The van der Waals surface area contributed by atoms with Gasteiger partial charge in [-0.3, -0.25) is 0 Å². The highest BCUT2D eigenvalue weighted by atomic mass is 15.0. The predicted molar refractivity (Wildman–Crippen MR) is 173 cm³/mol. The molecule has 9 rings (SSSR count). The van der Waals surface area contributed by atoms with Crippen LogP contribution in [-0.4, -0.2) is 43.3 Å². The van der Waals surface area contributed by atoms with Crippen molar-refractivity contribution >= 4 is 52.4 Å². The number of H-pyrrole nitrogens is 2. The first-order chi connectivity index (χ1) is 19.8. The number of hydrogen-bond acceptors (Lipinski definition) is 5. The molecular formula is C34H25BN7. The van der Waals surface area contributed by atoms with Crippen LogP contribution >= 0.6 is 0 Å². The second-order valence-corrected chi connectivity index (χ2v) is 9.95. The Labute approximate surface area is 244 Å². The number of hydrogen-bond donors (Lipinski definition) is 2. The maximum atomic E-state index is 5.06. The Hall–Kier alpha value is -5.63. The topological polar surface area (TPSA) is 96.0 Å². The monoisotopic (exact) mass is 543 g/mol. The van der Waals surface area contributed by atoms with Gasteiger partial charge in [0.05, 0.1) is 5.69 Å². The second-order valence-electron chi connectivity index (χ2n) is 9.95. The number of aromatic nitrogens is 7. The predicted octanol–water partition coefficient (Wildman–Crippen LogP) is 7.98. The number of rotatable bonds is 0. The van der Waals surface area contributed by atoms with Crippen LogP contribution in [0, 0.1) is 0 Å². The minimum absolute atomic E-state index is 0. The molecule has 199 valence electrons. The molecule has 5 heterocycles. The Morgan fingerprint density at radius 3 is 1.40 bits per heavy atom. The zero-order chi connectivity index (χ0) is 26.2. The first-order valence-electron chi connectivity index (χ1n) is 13.1. The van der Waals surface area contributed by atoms with Crippen LogP contribution in [0.3, 0.4) is 0 Å². The normalized spacial score (nSPS) is 11.4. The van der Waals surface area contributed by atoms with Crippen molar-refractivity contribution in [1.29, 1.82) is 0 Å². The van der Waals surface area contributed by atoms with Gasteiger partial charge in [0, 0.05) is 59.2 Å². The molecule has 2 aliphatic rings. The summed E-state index contributed by atoms with van der Waals surface area (Å²) in [4.78, 5) is 32.1. The molecule has 0 amide bonds. The molecule has 8 heteroatoms. The average Bonchev–Trinajstić information content (AvgIpc) is 3.73. The molecule has 0 aliphatic carbocycles. The summed E-state index contributed by atoms with van der Waals surface area (Å²) in [5, 5.41) is 4.03. The first kappa shape index (κ1) is 25.3. The Morgan fingerprint density at radius 2 is 0.833 bits per heavy atom.